The summed E-state index contributed by atoms with van der Waals surface area (Å²) in [4.78, 5) is 0. The second-order valence-electron chi connectivity index (χ2n) is 3.65. The van der Waals surface area contributed by atoms with Crippen LogP contribution in [-0.2, 0) is 12.8 Å². The lowest BCUT2D eigenvalue weighted by molar-refractivity contribution is 0.264. The fraction of sp³-hybridized carbons (Fsp3) is 0.500. The van der Waals surface area contributed by atoms with E-state index in [0.717, 1.165) is 17.7 Å². The van der Waals surface area contributed by atoms with Gasteiger partial charge in [-0.15, -0.1) is 0 Å². The molecule has 0 aliphatic heterocycles. The molecule has 1 rings (SSSR count). The van der Waals surface area contributed by atoms with Crippen molar-refractivity contribution in [1.82, 2.24) is 0 Å². The first-order chi connectivity index (χ1) is 7.21. The molecule has 0 amide bonds. The molecule has 1 atom stereocenters. The maximum absolute atomic E-state index is 8.92. The maximum atomic E-state index is 8.92. The molecular formula is C12H19NO2. The molecular weight excluding hydrogens is 190 g/mol. The van der Waals surface area contributed by atoms with Crippen LogP contribution in [0.25, 0.3) is 0 Å². The summed E-state index contributed by atoms with van der Waals surface area (Å²) < 4.78 is 5.25. The number of aliphatic hydroxyl groups excluding tert-OH is 1. The number of methoxy groups -OCH3 is 1. The van der Waals surface area contributed by atoms with Crippen LogP contribution in [0.3, 0.4) is 0 Å². The number of aliphatic hydroxyl groups is 1. The maximum Gasteiger partial charge on any atom is 0.122 e. The van der Waals surface area contributed by atoms with Crippen molar-refractivity contribution in [2.24, 2.45) is 5.73 Å². The van der Waals surface area contributed by atoms with Gasteiger partial charge in [0.2, 0.25) is 0 Å². The Bertz CT molecular complexity index is 312. The summed E-state index contributed by atoms with van der Waals surface area (Å²) in [5.74, 6) is 0.844. The summed E-state index contributed by atoms with van der Waals surface area (Å²) in [5, 5.41) is 8.92. The molecule has 0 heterocycles. The fourth-order valence-corrected chi connectivity index (χ4v) is 1.56. The Morgan fingerprint density at radius 3 is 2.73 bits per heavy atom. The lowest BCUT2D eigenvalue weighted by atomic mass is 10.0. The van der Waals surface area contributed by atoms with Crippen molar-refractivity contribution in [3.63, 3.8) is 0 Å². The average molecular weight is 209 g/mol. The molecule has 15 heavy (non-hydrogen) atoms. The van der Waals surface area contributed by atoms with Crippen LogP contribution in [0.2, 0.25) is 0 Å². The molecule has 0 saturated carbocycles. The highest BCUT2D eigenvalue weighted by molar-refractivity contribution is 5.37. The molecule has 0 aromatic heterocycles. The van der Waals surface area contributed by atoms with Gasteiger partial charge in [0.1, 0.15) is 5.75 Å². The first-order valence-corrected chi connectivity index (χ1v) is 5.23. The Balaban J connectivity index is 2.90. The Morgan fingerprint density at radius 1 is 1.47 bits per heavy atom. The largest absolute Gasteiger partial charge is 0.496 e. The zero-order chi connectivity index (χ0) is 11.3. The number of benzene rings is 1. The van der Waals surface area contributed by atoms with Crippen molar-refractivity contribution in [2.75, 3.05) is 13.7 Å². The first kappa shape index (κ1) is 12.0. The molecule has 0 saturated heterocycles. The Hall–Kier alpha value is -1.06. The van der Waals surface area contributed by atoms with E-state index in [0.29, 0.717) is 6.42 Å². The van der Waals surface area contributed by atoms with Gasteiger partial charge < -0.3 is 15.6 Å². The van der Waals surface area contributed by atoms with Crippen molar-refractivity contribution < 1.29 is 9.84 Å². The van der Waals surface area contributed by atoms with Gasteiger partial charge in [0.05, 0.1) is 13.7 Å². The smallest absolute Gasteiger partial charge is 0.122 e. The van der Waals surface area contributed by atoms with E-state index < -0.39 is 0 Å². The van der Waals surface area contributed by atoms with E-state index in [1.165, 1.54) is 5.56 Å². The first-order valence-electron chi connectivity index (χ1n) is 5.23. The molecule has 0 bridgehead atoms. The summed E-state index contributed by atoms with van der Waals surface area (Å²) in [6.07, 6.45) is 1.64. The summed E-state index contributed by atoms with van der Waals surface area (Å²) in [7, 11) is 1.65. The minimum absolute atomic E-state index is 0.000489. The standard InChI is InChI=1S/C12H19NO2/c1-3-9-4-5-12(15-2)10(6-9)7-11(13)8-14/h4-6,11,14H,3,7-8,13H2,1-2H3. The number of rotatable bonds is 5. The van der Waals surface area contributed by atoms with Gasteiger partial charge in [0.15, 0.2) is 0 Å². The molecule has 0 aliphatic rings. The van der Waals surface area contributed by atoms with Crippen LogP contribution in [-0.4, -0.2) is 24.9 Å². The van der Waals surface area contributed by atoms with Gasteiger partial charge in [-0.3, -0.25) is 0 Å². The van der Waals surface area contributed by atoms with Crippen LogP contribution >= 0.6 is 0 Å². The fourth-order valence-electron chi connectivity index (χ4n) is 1.56. The molecule has 1 aromatic rings. The van der Waals surface area contributed by atoms with Gasteiger partial charge >= 0.3 is 0 Å². The molecule has 1 unspecified atom stereocenters. The van der Waals surface area contributed by atoms with Crippen LogP contribution in [0.5, 0.6) is 5.75 Å². The number of hydrogen-bond acceptors (Lipinski definition) is 3. The normalized spacial score (nSPS) is 12.5. The monoisotopic (exact) mass is 209 g/mol. The Labute approximate surface area is 90.9 Å². The van der Waals surface area contributed by atoms with Crippen molar-refractivity contribution in [3.05, 3.63) is 29.3 Å². The number of ether oxygens (including phenoxy) is 1. The average Bonchev–Trinajstić information content (AvgIpc) is 2.28. The third-order valence-corrected chi connectivity index (χ3v) is 2.47. The van der Waals surface area contributed by atoms with Gasteiger partial charge in [-0.2, -0.15) is 0 Å². The summed E-state index contributed by atoms with van der Waals surface area (Å²) in [6, 6.07) is 5.88. The summed E-state index contributed by atoms with van der Waals surface area (Å²) in [5.41, 5.74) is 8.04. The lowest BCUT2D eigenvalue weighted by Crippen LogP contribution is -2.27. The van der Waals surface area contributed by atoms with Gasteiger partial charge in [-0.05, 0) is 30.0 Å². The Kier molecular flexibility index (Phi) is 4.59. The van der Waals surface area contributed by atoms with Crippen molar-refractivity contribution >= 4 is 0 Å². The van der Waals surface area contributed by atoms with Crippen LogP contribution in [0.15, 0.2) is 18.2 Å². The minimum Gasteiger partial charge on any atom is -0.496 e. The predicted octanol–water partition coefficient (Wildman–Crippen LogP) is 1.12. The molecule has 3 N–H and O–H groups in total. The molecule has 1 aromatic carbocycles. The van der Waals surface area contributed by atoms with Gasteiger partial charge in [-0.25, -0.2) is 0 Å². The highest BCUT2D eigenvalue weighted by atomic mass is 16.5. The zero-order valence-electron chi connectivity index (χ0n) is 9.36. The predicted molar refractivity (Wildman–Crippen MR) is 61.1 cm³/mol. The van der Waals surface area contributed by atoms with Crippen molar-refractivity contribution in [3.8, 4) is 5.75 Å². The number of nitrogens with two attached hydrogens (primary N) is 1. The molecule has 0 fully saturated rings. The van der Waals surface area contributed by atoms with Crippen LogP contribution < -0.4 is 10.5 Å². The van der Waals surface area contributed by atoms with E-state index in [-0.39, 0.29) is 12.6 Å². The minimum atomic E-state index is -0.217. The quantitative estimate of drug-likeness (QED) is 0.764. The topological polar surface area (TPSA) is 55.5 Å². The molecule has 3 nitrogen and oxygen atoms in total. The highest BCUT2D eigenvalue weighted by Gasteiger charge is 2.08. The van der Waals surface area contributed by atoms with Crippen LogP contribution in [0, 0.1) is 0 Å². The van der Waals surface area contributed by atoms with Crippen molar-refractivity contribution in [2.45, 2.75) is 25.8 Å². The third-order valence-electron chi connectivity index (χ3n) is 2.47. The van der Waals surface area contributed by atoms with E-state index >= 15 is 0 Å². The summed E-state index contributed by atoms with van der Waals surface area (Å²) >= 11 is 0. The summed E-state index contributed by atoms with van der Waals surface area (Å²) in [6.45, 7) is 2.11. The van der Waals surface area contributed by atoms with Crippen molar-refractivity contribution in [1.29, 1.82) is 0 Å². The van der Waals surface area contributed by atoms with E-state index in [2.05, 4.69) is 13.0 Å². The zero-order valence-corrected chi connectivity index (χ0v) is 9.36. The Morgan fingerprint density at radius 2 is 2.20 bits per heavy atom. The van der Waals surface area contributed by atoms with E-state index in [1.807, 2.05) is 12.1 Å². The SMILES string of the molecule is CCc1ccc(OC)c(CC(N)CO)c1. The van der Waals surface area contributed by atoms with Crippen LogP contribution in [0.4, 0.5) is 0 Å². The number of hydrogen-bond donors (Lipinski definition) is 2. The van der Waals surface area contributed by atoms with E-state index in [4.69, 9.17) is 15.6 Å². The van der Waals surface area contributed by atoms with Gasteiger partial charge in [0.25, 0.3) is 0 Å². The molecule has 0 spiro atoms. The molecule has 84 valence electrons. The second kappa shape index (κ2) is 5.73. The second-order valence-corrected chi connectivity index (χ2v) is 3.65. The number of aryl methyl sites for hydroxylation is 1. The molecule has 0 aliphatic carbocycles. The van der Waals surface area contributed by atoms with E-state index in [1.54, 1.807) is 7.11 Å². The highest BCUT2D eigenvalue weighted by Crippen LogP contribution is 2.21. The molecule has 3 heteroatoms. The van der Waals surface area contributed by atoms with Crippen LogP contribution in [0.1, 0.15) is 18.1 Å². The van der Waals surface area contributed by atoms with Gasteiger partial charge in [-0.1, -0.05) is 19.1 Å². The van der Waals surface area contributed by atoms with E-state index in [9.17, 15) is 0 Å². The lowest BCUT2D eigenvalue weighted by Gasteiger charge is -2.13. The van der Waals surface area contributed by atoms with Gasteiger partial charge in [0, 0.05) is 6.04 Å². The molecule has 0 radical (unpaired) electrons. The third kappa shape index (κ3) is 3.22.